The number of anilines is 2. The lowest BCUT2D eigenvalue weighted by atomic mass is 10.2. The van der Waals surface area contributed by atoms with Crippen molar-refractivity contribution in [2.45, 2.75) is 6.92 Å². The quantitative estimate of drug-likeness (QED) is 0.878. The van der Waals surface area contributed by atoms with E-state index in [1.165, 1.54) is 0 Å². The molecule has 0 saturated heterocycles. The normalized spacial score (nSPS) is 10.7. The lowest BCUT2D eigenvalue weighted by Crippen LogP contribution is -2.16. The lowest BCUT2D eigenvalue weighted by Gasteiger charge is -2.09. The maximum atomic E-state index is 6.08. The van der Waals surface area contributed by atoms with Crippen LogP contribution in [0.25, 0.3) is 11.5 Å². The second kappa shape index (κ2) is 5.04. The monoisotopic (exact) mass is 286 g/mol. The summed E-state index contributed by atoms with van der Waals surface area (Å²) in [6.45, 7) is 2.74. The largest absolute Gasteiger partial charge is 0.397 e. The molecule has 0 aliphatic carbocycles. The molecule has 0 unspecified atom stereocenters. The molecule has 96 valence electrons. The van der Waals surface area contributed by atoms with Crippen molar-refractivity contribution in [2.75, 3.05) is 24.2 Å². The molecule has 0 saturated carbocycles. The standard InChI is InChI=1S/C11H12Cl2N4O/c1-3-17(2)11-15-10(18-16-11)8-6(12)4-5-7(13)9(8)14/h4-5H,3,14H2,1-2H3. The minimum Gasteiger partial charge on any atom is -0.397 e. The van der Waals surface area contributed by atoms with Crippen LogP contribution in [0.2, 0.25) is 10.0 Å². The molecular weight excluding hydrogens is 275 g/mol. The zero-order chi connectivity index (χ0) is 13.3. The molecule has 0 bridgehead atoms. The van der Waals surface area contributed by atoms with Gasteiger partial charge in [-0.2, -0.15) is 4.98 Å². The Balaban J connectivity index is 2.49. The van der Waals surface area contributed by atoms with Gasteiger partial charge in [0.2, 0.25) is 0 Å². The molecule has 0 radical (unpaired) electrons. The summed E-state index contributed by atoms with van der Waals surface area (Å²) in [4.78, 5) is 6.07. The van der Waals surface area contributed by atoms with E-state index in [-0.39, 0.29) is 5.89 Å². The summed E-state index contributed by atoms with van der Waals surface area (Å²) in [5.74, 6) is 0.734. The van der Waals surface area contributed by atoms with Crippen molar-refractivity contribution < 1.29 is 4.52 Å². The molecular formula is C11H12Cl2N4O. The van der Waals surface area contributed by atoms with Crippen LogP contribution in [0.4, 0.5) is 11.6 Å². The van der Waals surface area contributed by atoms with E-state index >= 15 is 0 Å². The number of nitrogens with two attached hydrogens (primary N) is 1. The van der Waals surface area contributed by atoms with Gasteiger partial charge in [0.1, 0.15) is 0 Å². The Morgan fingerprint density at radius 3 is 2.67 bits per heavy atom. The second-order valence-electron chi connectivity index (χ2n) is 3.73. The number of halogens is 2. The third kappa shape index (κ3) is 2.23. The molecule has 0 aliphatic heterocycles. The molecule has 0 spiro atoms. The van der Waals surface area contributed by atoms with Crippen molar-refractivity contribution in [3.8, 4) is 11.5 Å². The van der Waals surface area contributed by atoms with Gasteiger partial charge < -0.3 is 15.2 Å². The van der Waals surface area contributed by atoms with Crippen LogP contribution in [-0.4, -0.2) is 23.7 Å². The van der Waals surface area contributed by atoms with E-state index in [2.05, 4.69) is 10.1 Å². The van der Waals surface area contributed by atoms with Gasteiger partial charge in [0.25, 0.3) is 11.8 Å². The molecule has 2 N–H and O–H groups in total. The highest BCUT2D eigenvalue weighted by atomic mass is 35.5. The summed E-state index contributed by atoms with van der Waals surface area (Å²) >= 11 is 12.0. The van der Waals surface area contributed by atoms with E-state index < -0.39 is 0 Å². The van der Waals surface area contributed by atoms with E-state index in [0.717, 1.165) is 6.54 Å². The Morgan fingerprint density at radius 1 is 1.33 bits per heavy atom. The van der Waals surface area contributed by atoms with E-state index in [1.807, 2.05) is 18.9 Å². The van der Waals surface area contributed by atoms with Gasteiger partial charge in [-0.3, -0.25) is 0 Å². The Hall–Kier alpha value is -1.46. The Morgan fingerprint density at radius 2 is 2.00 bits per heavy atom. The van der Waals surface area contributed by atoms with Crippen molar-refractivity contribution >= 4 is 34.8 Å². The molecule has 0 fully saturated rings. The highest BCUT2D eigenvalue weighted by molar-refractivity contribution is 6.37. The first-order valence-corrected chi connectivity index (χ1v) is 6.08. The maximum Gasteiger partial charge on any atom is 0.266 e. The third-order valence-corrected chi connectivity index (χ3v) is 3.23. The molecule has 0 aliphatic rings. The van der Waals surface area contributed by atoms with Crippen molar-refractivity contribution in [3.63, 3.8) is 0 Å². The zero-order valence-corrected chi connectivity index (χ0v) is 11.5. The van der Waals surface area contributed by atoms with Gasteiger partial charge in [-0.15, -0.1) is 0 Å². The average molecular weight is 287 g/mol. The van der Waals surface area contributed by atoms with Crippen molar-refractivity contribution in [1.29, 1.82) is 0 Å². The second-order valence-corrected chi connectivity index (χ2v) is 4.55. The summed E-state index contributed by atoms with van der Waals surface area (Å²) < 4.78 is 5.16. The number of benzene rings is 1. The SMILES string of the molecule is CCN(C)c1noc(-c2c(Cl)ccc(Cl)c2N)n1. The molecule has 0 amide bonds. The summed E-state index contributed by atoms with van der Waals surface area (Å²) in [5.41, 5.74) is 6.67. The molecule has 5 nitrogen and oxygen atoms in total. The van der Waals surface area contributed by atoms with Gasteiger partial charge in [0.05, 0.1) is 21.3 Å². The topological polar surface area (TPSA) is 68.2 Å². The Kier molecular flexibility index (Phi) is 3.63. The van der Waals surface area contributed by atoms with Gasteiger partial charge in [0.15, 0.2) is 0 Å². The van der Waals surface area contributed by atoms with Gasteiger partial charge in [-0.1, -0.05) is 23.2 Å². The molecule has 1 aromatic carbocycles. The number of nitrogens with zero attached hydrogens (tertiary/aromatic N) is 3. The zero-order valence-electron chi connectivity index (χ0n) is 9.94. The third-order valence-electron chi connectivity index (χ3n) is 2.59. The van der Waals surface area contributed by atoms with Crippen LogP contribution in [0.15, 0.2) is 16.7 Å². The maximum absolute atomic E-state index is 6.08. The smallest absolute Gasteiger partial charge is 0.266 e. The van der Waals surface area contributed by atoms with Gasteiger partial charge in [0, 0.05) is 13.6 Å². The van der Waals surface area contributed by atoms with E-state index in [1.54, 1.807) is 12.1 Å². The van der Waals surface area contributed by atoms with Crippen LogP contribution in [0.3, 0.4) is 0 Å². The summed E-state index contributed by atoms with van der Waals surface area (Å²) in [5, 5.41) is 4.68. The molecule has 7 heteroatoms. The molecule has 2 aromatic rings. The highest BCUT2D eigenvalue weighted by Crippen LogP contribution is 2.37. The summed E-state index contributed by atoms with van der Waals surface area (Å²) in [6, 6.07) is 3.27. The van der Waals surface area contributed by atoms with Crippen LogP contribution in [-0.2, 0) is 0 Å². The van der Waals surface area contributed by atoms with Gasteiger partial charge >= 0.3 is 0 Å². The number of hydrogen-bond acceptors (Lipinski definition) is 5. The predicted molar refractivity (Wildman–Crippen MR) is 73.1 cm³/mol. The van der Waals surface area contributed by atoms with Gasteiger partial charge in [-0.25, -0.2) is 0 Å². The highest BCUT2D eigenvalue weighted by Gasteiger charge is 2.18. The molecule has 1 aromatic heterocycles. The number of aromatic nitrogens is 2. The minimum atomic E-state index is 0.260. The molecule has 0 atom stereocenters. The molecule has 1 heterocycles. The first-order chi connectivity index (χ1) is 8.54. The fourth-order valence-corrected chi connectivity index (χ4v) is 1.80. The predicted octanol–water partition coefficient (Wildman–Crippen LogP) is 3.08. The lowest BCUT2D eigenvalue weighted by molar-refractivity contribution is 0.430. The Bertz CT molecular complexity index is 570. The summed E-state index contributed by atoms with van der Waals surface area (Å²) in [6.07, 6.45) is 0. The van der Waals surface area contributed by atoms with E-state index in [4.69, 9.17) is 33.5 Å². The number of hydrogen-bond donors (Lipinski definition) is 1. The molecule has 18 heavy (non-hydrogen) atoms. The van der Waals surface area contributed by atoms with Crippen molar-refractivity contribution in [3.05, 3.63) is 22.2 Å². The van der Waals surface area contributed by atoms with E-state index in [0.29, 0.717) is 27.2 Å². The Labute approximate surface area is 114 Å². The van der Waals surface area contributed by atoms with Crippen LogP contribution in [0.1, 0.15) is 6.92 Å². The van der Waals surface area contributed by atoms with E-state index in [9.17, 15) is 0 Å². The first kappa shape index (κ1) is 13.0. The summed E-state index contributed by atoms with van der Waals surface area (Å²) in [7, 11) is 1.86. The number of rotatable bonds is 3. The van der Waals surface area contributed by atoms with Crippen LogP contribution < -0.4 is 10.6 Å². The average Bonchev–Trinajstić information content (AvgIpc) is 2.83. The van der Waals surface area contributed by atoms with Crippen LogP contribution >= 0.6 is 23.2 Å². The fourth-order valence-electron chi connectivity index (χ4n) is 1.40. The van der Waals surface area contributed by atoms with Gasteiger partial charge in [-0.05, 0) is 24.2 Å². The van der Waals surface area contributed by atoms with Crippen LogP contribution in [0.5, 0.6) is 0 Å². The first-order valence-electron chi connectivity index (χ1n) is 5.33. The van der Waals surface area contributed by atoms with Crippen molar-refractivity contribution in [1.82, 2.24) is 10.1 Å². The van der Waals surface area contributed by atoms with Crippen molar-refractivity contribution in [2.24, 2.45) is 0 Å². The fraction of sp³-hybridized carbons (Fsp3) is 0.273. The van der Waals surface area contributed by atoms with Crippen LogP contribution in [0, 0.1) is 0 Å². The minimum absolute atomic E-state index is 0.260. The molecule has 2 rings (SSSR count). The number of nitrogen functional groups attached to an aromatic ring is 1.